The van der Waals surface area contributed by atoms with E-state index in [2.05, 4.69) is 29.4 Å². The third kappa shape index (κ3) is 3.18. The largest absolute Gasteiger partial charge is 0.318 e. The SMILES string of the molecule is CNCCN=C1C=CC(C)CC1. The topological polar surface area (TPSA) is 24.4 Å². The van der Waals surface area contributed by atoms with Crippen molar-refractivity contribution in [2.45, 2.75) is 19.8 Å². The highest BCUT2D eigenvalue weighted by atomic mass is 14.9. The molecule has 1 rings (SSSR count). The van der Waals surface area contributed by atoms with Gasteiger partial charge in [0.15, 0.2) is 0 Å². The first-order chi connectivity index (χ1) is 5.83. The molecule has 12 heavy (non-hydrogen) atoms. The predicted molar refractivity (Wildman–Crippen MR) is 53.8 cm³/mol. The van der Waals surface area contributed by atoms with E-state index in [1.165, 1.54) is 12.1 Å². The van der Waals surface area contributed by atoms with Gasteiger partial charge in [-0.05, 0) is 31.9 Å². The summed E-state index contributed by atoms with van der Waals surface area (Å²) >= 11 is 0. The van der Waals surface area contributed by atoms with E-state index in [0.717, 1.165) is 25.4 Å². The lowest BCUT2D eigenvalue weighted by Gasteiger charge is -2.12. The van der Waals surface area contributed by atoms with E-state index in [9.17, 15) is 0 Å². The van der Waals surface area contributed by atoms with Crippen molar-refractivity contribution in [1.29, 1.82) is 0 Å². The summed E-state index contributed by atoms with van der Waals surface area (Å²) in [7, 11) is 1.96. The molecule has 1 atom stereocenters. The second-order valence-electron chi connectivity index (χ2n) is 3.35. The predicted octanol–water partition coefficient (Wildman–Crippen LogP) is 1.63. The molecule has 0 aliphatic heterocycles. The highest BCUT2D eigenvalue weighted by molar-refractivity contribution is 5.95. The number of likely N-dealkylation sites (N-methyl/N-ethyl adjacent to an activating group) is 1. The average molecular weight is 166 g/mol. The molecule has 68 valence electrons. The van der Waals surface area contributed by atoms with Crippen LogP contribution in [0.25, 0.3) is 0 Å². The maximum atomic E-state index is 4.47. The smallest absolute Gasteiger partial charge is 0.0517 e. The molecule has 0 aromatic heterocycles. The number of hydrogen-bond acceptors (Lipinski definition) is 2. The van der Waals surface area contributed by atoms with Crippen LogP contribution in [-0.4, -0.2) is 25.8 Å². The van der Waals surface area contributed by atoms with E-state index in [0.29, 0.717) is 0 Å². The van der Waals surface area contributed by atoms with Gasteiger partial charge in [-0.1, -0.05) is 13.0 Å². The molecule has 0 spiro atoms. The summed E-state index contributed by atoms with van der Waals surface area (Å²) < 4.78 is 0. The molecule has 0 aromatic carbocycles. The minimum Gasteiger partial charge on any atom is -0.318 e. The van der Waals surface area contributed by atoms with E-state index in [1.807, 2.05) is 7.05 Å². The fourth-order valence-corrected chi connectivity index (χ4v) is 1.27. The van der Waals surface area contributed by atoms with E-state index in [4.69, 9.17) is 0 Å². The van der Waals surface area contributed by atoms with Gasteiger partial charge >= 0.3 is 0 Å². The van der Waals surface area contributed by atoms with E-state index >= 15 is 0 Å². The molecular formula is C10H18N2. The Kier molecular flexibility index (Phi) is 4.01. The number of nitrogens with one attached hydrogen (secondary N) is 1. The van der Waals surface area contributed by atoms with Crippen molar-refractivity contribution in [2.75, 3.05) is 20.1 Å². The third-order valence-corrected chi connectivity index (χ3v) is 2.15. The summed E-state index contributed by atoms with van der Waals surface area (Å²) in [6.45, 7) is 4.14. The fourth-order valence-electron chi connectivity index (χ4n) is 1.27. The molecule has 1 unspecified atom stereocenters. The van der Waals surface area contributed by atoms with Gasteiger partial charge in [0.1, 0.15) is 0 Å². The van der Waals surface area contributed by atoms with E-state index in [1.54, 1.807) is 0 Å². The standard InChI is InChI=1S/C10H18N2/c1-9-3-5-10(6-4-9)12-8-7-11-2/h3,5,9,11H,4,6-8H2,1-2H3. The van der Waals surface area contributed by atoms with Crippen molar-refractivity contribution in [3.63, 3.8) is 0 Å². The van der Waals surface area contributed by atoms with Gasteiger partial charge < -0.3 is 5.32 Å². The Hall–Kier alpha value is -0.630. The normalized spacial score (nSPS) is 26.5. The number of aliphatic imine (C=N–C) groups is 1. The van der Waals surface area contributed by atoms with Gasteiger partial charge in [0.25, 0.3) is 0 Å². The monoisotopic (exact) mass is 166 g/mol. The molecule has 2 heteroatoms. The fraction of sp³-hybridized carbons (Fsp3) is 0.700. The van der Waals surface area contributed by atoms with Crippen molar-refractivity contribution in [1.82, 2.24) is 5.32 Å². The molecule has 0 saturated heterocycles. The van der Waals surface area contributed by atoms with Crippen molar-refractivity contribution >= 4 is 5.71 Å². The zero-order chi connectivity index (χ0) is 8.81. The third-order valence-electron chi connectivity index (χ3n) is 2.15. The maximum absolute atomic E-state index is 4.47. The molecule has 1 N–H and O–H groups in total. The first-order valence-electron chi connectivity index (χ1n) is 4.69. The molecule has 0 bridgehead atoms. The molecule has 2 nitrogen and oxygen atoms in total. The highest BCUT2D eigenvalue weighted by Crippen LogP contribution is 2.14. The zero-order valence-electron chi connectivity index (χ0n) is 8.01. The van der Waals surface area contributed by atoms with Crippen LogP contribution in [0.5, 0.6) is 0 Å². The Balaban J connectivity index is 2.33. The van der Waals surface area contributed by atoms with Crippen molar-refractivity contribution < 1.29 is 0 Å². The second-order valence-corrected chi connectivity index (χ2v) is 3.35. The quantitative estimate of drug-likeness (QED) is 0.633. The van der Waals surface area contributed by atoms with Crippen LogP contribution >= 0.6 is 0 Å². The lowest BCUT2D eigenvalue weighted by Crippen LogP contribution is -2.13. The number of hydrogen-bond donors (Lipinski definition) is 1. The Morgan fingerprint density at radius 3 is 3.08 bits per heavy atom. The Labute approximate surface area is 74.8 Å². The van der Waals surface area contributed by atoms with Crippen LogP contribution in [0.15, 0.2) is 17.1 Å². The molecule has 0 saturated carbocycles. The Bertz CT molecular complexity index is 182. The molecular weight excluding hydrogens is 148 g/mol. The average Bonchev–Trinajstić information content (AvgIpc) is 2.09. The maximum Gasteiger partial charge on any atom is 0.0517 e. The van der Waals surface area contributed by atoms with Crippen molar-refractivity contribution in [2.24, 2.45) is 10.9 Å². The van der Waals surface area contributed by atoms with E-state index in [-0.39, 0.29) is 0 Å². The molecule has 0 radical (unpaired) electrons. The number of nitrogens with zero attached hydrogens (tertiary/aromatic N) is 1. The first-order valence-corrected chi connectivity index (χ1v) is 4.69. The molecule has 0 fully saturated rings. The number of allylic oxidation sites excluding steroid dienone is 2. The minimum atomic E-state index is 0.744. The van der Waals surface area contributed by atoms with Crippen LogP contribution < -0.4 is 5.32 Å². The number of rotatable bonds is 3. The Morgan fingerprint density at radius 2 is 2.50 bits per heavy atom. The van der Waals surface area contributed by atoms with Crippen LogP contribution in [0.2, 0.25) is 0 Å². The molecule has 1 aliphatic rings. The van der Waals surface area contributed by atoms with Crippen LogP contribution in [0.1, 0.15) is 19.8 Å². The molecule has 0 amide bonds. The lowest BCUT2D eigenvalue weighted by molar-refractivity contribution is 0.657. The summed E-state index contributed by atoms with van der Waals surface area (Å²) in [5.74, 6) is 0.744. The molecule has 1 aliphatic carbocycles. The summed E-state index contributed by atoms with van der Waals surface area (Å²) in [6.07, 6.45) is 6.84. The molecule has 0 heterocycles. The second kappa shape index (κ2) is 5.09. The summed E-state index contributed by atoms with van der Waals surface area (Å²) in [4.78, 5) is 4.47. The lowest BCUT2D eigenvalue weighted by atomic mass is 9.96. The van der Waals surface area contributed by atoms with Crippen LogP contribution in [0.4, 0.5) is 0 Å². The minimum absolute atomic E-state index is 0.744. The summed E-state index contributed by atoms with van der Waals surface area (Å²) in [5, 5.41) is 3.08. The van der Waals surface area contributed by atoms with Gasteiger partial charge in [-0.3, -0.25) is 4.99 Å². The van der Waals surface area contributed by atoms with Gasteiger partial charge in [-0.25, -0.2) is 0 Å². The van der Waals surface area contributed by atoms with Crippen LogP contribution in [0.3, 0.4) is 0 Å². The first kappa shape index (κ1) is 9.46. The van der Waals surface area contributed by atoms with Gasteiger partial charge in [0.2, 0.25) is 0 Å². The van der Waals surface area contributed by atoms with Gasteiger partial charge in [0, 0.05) is 12.3 Å². The van der Waals surface area contributed by atoms with Gasteiger partial charge in [-0.2, -0.15) is 0 Å². The van der Waals surface area contributed by atoms with E-state index < -0.39 is 0 Å². The molecule has 0 aromatic rings. The van der Waals surface area contributed by atoms with Crippen molar-refractivity contribution in [3.8, 4) is 0 Å². The summed E-state index contributed by atoms with van der Waals surface area (Å²) in [5.41, 5.74) is 1.27. The highest BCUT2D eigenvalue weighted by Gasteiger charge is 2.05. The van der Waals surface area contributed by atoms with Crippen LogP contribution in [-0.2, 0) is 0 Å². The zero-order valence-corrected chi connectivity index (χ0v) is 8.01. The Morgan fingerprint density at radius 1 is 1.67 bits per heavy atom. The van der Waals surface area contributed by atoms with Crippen LogP contribution in [0, 0.1) is 5.92 Å². The van der Waals surface area contributed by atoms with Gasteiger partial charge in [0.05, 0.1) is 6.54 Å². The van der Waals surface area contributed by atoms with Gasteiger partial charge in [-0.15, -0.1) is 0 Å². The summed E-state index contributed by atoms with van der Waals surface area (Å²) in [6, 6.07) is 0. The van der Waals surface area contributed by atoms with Crippen molar-refractivity contribution in [3.05, 3.63) is 12.2 Å².